The van der Waals surface area contributed by atoms with E-state index < -0.39 is 0 Å². The Hall–Kier alpha value is -1.65. The third-order valence-corrected chi connectivity index (χ3v) is 3.16. The number of ether oxygens (including phenoxy) is 1. The fourth-order valence-corrected chi connectivity index (χ4v) is 2.01. The van der Waals surface area contributed by atoms with Gasteiger partial charge in [0.15, 0.2) is 5.75 Å². The Labute approximate surface area is 124 Å². The molecule has 0 radical (unpaired) electrons. The number of rotatable bonds is 4. The number of benzene rings is 1. The van der Waals surface area contributed by atoms with Gasteiger partial charge >= 0.3 is 0 Å². The molecule has 2 N–H and O–H groups in total. The van der Waals surface area contributed by atoms with Crippen molar-refractivity contribution >= 4 is 11.6 Å². The van der Waals surface area contributed by atoms with Crippen molar-refractivity contribution in [3.63, 3.8) is 0 Å². The third kappa shape index (κ3) is 3.26. The second-order valence-corrected chi connectivity index (χ2v) is 5.34. The van der Waals surface area contributed by atoms with E-state index in [1.807, 2.05) is 39.0 Å². The van der Waals surface area contributed by atoms with E-state index in [1.165, 1.54) is 0 Å². The zero-order chi connectivity index (χ0) is 14.7. The topological polar surface area (TPSA) is 61.0 Å². The highest BCUT2D eigenvalue weighted by molar-refractivity contribution is 6.32. The molecule has 2 aromatic rings. The zero-order valence-electron chi connectivity index (χ0n) is 11.9. The van der Waals surface area contributed by atoms with Gasteiger partial charge in [0.05, 0.1) is 11.2 Å². The fraction of sp³-hybridized carbons (Fsp3) is 0.333. The molecule has 0 saturated heterocycles. The maximum Gasteiger partial charge on any atom is 0.168 e. The lowest BCUT2D eigenvalue weighted by molar-refractivity contribution is 0.467. The maximum absolute atomic E-state index is 6.16. The number of hydrogen-bond donors (Lipinski definition) is 1. The molecule has 20 heavy (non-hydrogen) atoms. The van der Waals surface area contributed by atoms with Gasteiger partial charge in [0, 0.05) is 12.5 Å². The SMILES string of the molecule is Cc1ccc(Oc2cnc(C(C)C)nc2CN)c(Cl)c1. The largest absolute Gasteiger partial charge is 0.452 e. The van der Waals surface area contributed by atoms with Gasteiger partial charge in [0.2, 0.25) is 0 Å². The summed E-state index contributed by atoms with van der Waals surface area (Å²) >= 11 is 6.16. The summed E-state index contributed by atoms with van der Waals surface area (Å²) in [5.74, 6) is 2.13. The van der Waals surface area contributed by atoms with Crippen LogP contribution in [0.2, 0.25) is 5.02 Å². The van der Waals surface area contributed by atoms with Crippen LogP contribution in [0.3, 0.4) is 0 Å². The molecule has 4 nitrogen and oxygen atoms in total. The number of aryl methyl sites for hydroxylation is 1. The van der Waals surface area contributed by atoms with E-state index in [9.17, 15) is 0 Å². The summed E-state index contributed by atoms with van der Waals surface area (Å²) in [6.45, 7) is 6.34. The molecule has 0 atom stereocenters. The monoisotopic (exact) mass is 291 g/mol. The van der Waals surface area contributed by atoms with Crippen LogP contribution >= 0.6 is 11.6 Å². The molecule has 0 spiro atoms. The first-order valence-corrected chi connectivity index (χ1v) is 6.89. The minimum absolute atomic E-state index is 0.248. The number of hydrogen-bond acceptors (Lipinski definition) is 4. The van der Waals surface area contributed by atoms with Crippen LogP contribution < -0.4 is 10.5 Å². The second kappa shape index (κ2) is 6.20. The van der Waals surface area contributed by atoms with Gasteiger partial charge in [-0.3, -0.25) is 0 Å². The highest BCUT2D eigenvalue weighted by atomic mass is 35.5. The molecule has 1 heterocycles. The van der Waals surface area contributed by atoms with Crippen LogP contribution in [0, 0.1) is 6.92 Å². The maximum atomic E-state index is 6.16. The quantitative estimate of drug-likeness (QED) is 0.930. The summed E-state index contributed by atoms with van der Waals surface area (Å²) in [7, 11) is 0. The summed E-state index contributed by atoms with van der Waals surface area (Å²) in [5.41, 5.74) is 7.49. The molecule has 1 aromatic carbocycles. The van der Waals surface area contributed by atoms with E-state index in [-0.39, 0.29) is 5.92 Å². The predicted octanol–water partition coefficient (Wildman–Crippen LogP) is 3.81. The van der Waals surface area contributed by atoms with Crippen molar-refractivity contribution in [2.75, 3.05) is 0 Å². The van der Waals surface area contributed by atoms with E-state index in [0.29, 0.717) is 28.8 Å². The van der Waals surface area contributed by atoms with Gasteiger partial charge in [-0.25, -0.2) is 9.97 Å². The van der Waals surface area contributed by atoms with Gasteiger partial charge in [-0.05, 0) is 24.6 Å². The zero-order valence-corrected chi connectivity index (χ0v) is 12.6. The lowest BCUT2D eigenvalue weighted by atomic mass is 10.2. The Morgan fingerprint density at radius 2 is 2.05 bits per heavy atom. The first-order chi connectivity index (χ1) is 9.51. The van der Waals surface area contributed by atoms with Gasteiger partial charge < -0.3 is 10.5 Å². The van der Waals surface area contributed by atoms with Crippen LogP contribution in [0.15, 0.2) is 24.4 Å². The van der Waals surface area contributed by atoms with E-state index in [2.05, 4.69) is 9.97 Å². The molecule has 0 aliphatic carbocycles. The molecule has 0 fully saturated rings. The number of aromatic nitrogens is 2. The lowest BCUT2D eigenvalue weighted by Gasteiger charge is -2.12. The Balaban J connectivity index is 2.33. The average Bonchev–Trinajstić information content (AvgIpc) is 2.42. The minimum Gasteiger partial charge on any atom is -0.452 e. The Morgan fingerprint density at radius 3 is 2.65 bits per heavy atom. The Morgan fingerprint density at radius 1 is 1.30 bits per heavy atom. The molecule has 2 rings (SSSR count). The molecule has 0 aliphatic heterocycles. The second-order valence-electron chi connectivity index (χ2n) is 4.93. The summed E-state index contributed by atoms with van der Waals surface area (Å²) in [4.78, 5) is 8.73. The van der Waals surface area contributed by atoms with E-state index >= 15 is 0 Å². The number of nitrogens with two attached hydrogens (primary N) is 1. The van der Waals surface area contributed by atoms with Crippen LogP contribution in [-0.2, 0) is 6.54 Å². The summed E-state index contributed by atoms with van der Waals surface area (Å²) in [6, 6.07) is 5.61. The molecule has 106 valence electrons. The Kier molecular flexibility index (Phi) is 4.57. The van der Waals surface area contributed by atoms with Gasteiger partial charge in [0.25, 0.3) is 0 Å². The average molecular weight is 292 g/mol. The molecule has 0 unspecified atom stereocenters. The van der Waals surface area contributed by atoms with E-state index in [1.54, 1.807) is 6.20 Å². The number of nitrogens with zero attached hydrogens (tertiary/aromatic N) is 2. The standard InChI is InChI=1S/C15H18ClN3O/c1-9(2)15-18-8-14(12(7-17)19-15)20-13-5-4-10(3)6-11(13)16/h4-6,8-9H,7,17H2,1-3H3. The van der Waals surface area contributed by atoms with Crippen molar-refractivity contribution in [2.24, 2.45) is 5.73 Å². The summed E-state index contributed by atoms with van der Waals surface area (Å²) < 4.78 is 5.78. The summed E-state index contributed by atoms with van der Waals surface area (Å²) in [6.07, 6.45) is 1.65. The van der Waals surface area contributed by atoms with Crippen LogP contribution in [0.5, 0.6) is 11.5 Å². The van der Waals surface area contributed by atoms with Crippen molar-refractivity contribution < 1.29 is 4.74 Å². The molecular weight excluding hydrogens is 274 g/mol. The third-order valence-electron chi connectivity index (χ3n) is 2.87. The summed E-state index contributed by atoms with van der Waals surface area (Å²) in [5, 5.41) is 0.556. The van der Waals surface area contributed by atoms with Crippen molar-refractivity contribution in [3.8, 4) is 11.5 Å². The van der Waals surface area contributed by atoms with Crippen molar-refractivity contribution in [3.05, 3.63) is 46.5 Å². The van der Waals surface area contributed by atoms with Gasteiger partial charge in [-0.15, -0.1) is 0 Å². The fourth-order valence-electron chi connectivity index (χ4n) is 1.74. The smallest absolute Gasteiger partial charge is 0.168 e. The first-order valence-electron chi connectivity index (χ1n) is 6.51. The van der Waals surface area contributed by atoms with Crippen LogP contribution in [-0.4, -0.2) is 9.97 Å². The highest BCUT2D eigenvalue weighted by Gasteiger charge is 2.12. The van der Waals surface area contributed by atoms with Gasteiger partial charge in [-0.2, -0.15) is 0 Å². The molecule has 0 saturated carbocycles. The van der Waals surface area contributed by atoms with Crippen LogP contribution in [0.1, 0.15) is 36.8 Å². The van der Waals surface area contributed by atoms with E-state index in [4.69, 9.17) is 22.1 Å². The van der Waals surface area contributed by atoms with Crippen molar-refractivity contribution in [1.82, 2.24) is 9.97 Å². The van der Waals surface area contributed by atoms with Crippen molar-refractivity contribution in [1.29, 1.82) is 0 Å². The number of halogens is 1. The molecular formula is C15H18ClN3O. The van der Waals surface area contributed by atoms with Crippen molar-refractivity contribution in [2.45, 2.75) is 33.2 Å². The van der Waals surface area contributed by atoms with Gasteiger partial charge in [0.1, 0.15) is 17.3 Å². The minimum atomic E-state index is 0.248. The van der Waals surface area contributed by atoms with Crippen LogP contribution in [0.4, 0.5) is 0 Å². The highest BCUT2D eigenvalue weighted by Crippen LogP contribution is 2.31. The Bertz CT molecular complexity index is 614. The molecule has 0 bridgehead atoms. The van der Waals surface area contributed by atoms with Gasteiger partial charge in [-0.1, -0.05) is 31.5 Å². The normalized spacial score (nSPS) is 10.9. The van der Waals surface area contributed by atoms with Crippen LogP contribution in [0.25, 0.3) is 0 Å². The molecule has 1 aromatic heterocycles. The molecule has 5 heteroatoms. The predicted molar refractivity (Wildman–Crippen MR) is 80.3 cm³/mol. The van der Waals surface area contributed by atoms with E-state index in [0.717, 1.165) is 11.4 Å². The molecule has 0 aliphatic rings. The first kappa shape index (κ1) is 14.8. The lowest BCUT2D eigenvalue weighted by Crippen LogP contribution is -2.07. The molecule has 0 amide bonds.